The number of aliphatic hydroxyl groups is 1. The van der Waals surface area contributed by atoms with Gasteiger partial charge in [0.05, 0.1) is 18.3 Å². The molecule has 2 heterocycles. The first-order chi connectivity index (χ1) is 8.27. The summed E-state index contributed by atoms with van der Waals surface area (Å²) < 4.78 is 10.5. The molecule has 5 nitrogen and oxygen atoms in total. The van der Waals surface area contributed by atoms with Gasteiger partial charge in [-0.2, -0.15) is 0 Å². The predicted octanol–water partition coefficient (Wildman–Crippen LogP) is 1.54. The van der Waals surface area contributed by atoms with Crippen LogP contribution in [0.5, 0.6) is 0 Å². The Labute approximate surface area is 108 Å². The molecule has 2 aliphatic heterocycles. The van der Waals surface area contributed by atoms with E-state index in [2.05, 4.69) is 0 Å². The van der Waals surface area contributed by atoms with Gasteiger partial charge in [0.15, 0.2) is 0 Å². The Balaban J connectivity index is 1.80. The average Bonchev–Trinajstić information content (AvgIpc) is 2.99. The largest absolute Gasteiger partial charge is 0.444 e. The molecule has 0 aromatic heterocycles. The molecule has 0 unspecified atom stereocenters. The molecule has 2 saturated heterocycles. The van der Waals surface area contributed by atoms with Crippen LogP contribution >= 0.6 is 0 Å². The van der Waals surface area contributed by atoms with Crippen molar-refractivity contribution in [3.8, 4) is 0 Å². The molecule has 2 aliphatic rings. The zero-order valence-electron chi connectivity index (χ0n) is 11.4. The van der Waals surface area contributed by atoms with Crippen molar-refractivity contribution in [3.63, 3.8) is 0 Å². The van der Waals surface area contributed by atoms with E-state index in [-0.39, 0.29) is 12.2 Å². The van der Waals surface area contributed by atoms with Crippen molar-refractivity contribution in [3.05, 3.63) is 0 Å². The van der Waals surface area contributed by atoms with Crippen molar-refractivity contribution < 1.29 is 19.4 Å². The standard InChI is InChI=1S/C13H23NO4/c1-12(2,3)18-11(15)14-6-4-13(16,5-7-14)8-10-9-17-10/h10,16H,4-9H2,1-3H3/t10-/m1/s1. The third-order valence-corrected chi connectivity index (χ3v) is 3.36. The normalized spacial score (nSPS) is 26.9. The summed E-state index contributed by atoms with van der Waals surface area (Å²) in [5.74, 6) is 0. The van der Waals surface area contributed by atoms with Crippen LogP contribution in [-0.2, 0) is 9.47 Å². The van der Waals surface area contributed by atoms with Crippen molar-refractivity contribution in [2.45, 2.75) is 57.3 Å². The summed E-state index contributed by atoms with van der Waals surface area (Å²) in [6.07, 6.45) is 1.84. The molecule has 1 N–H and O–H groups in total. The highest BCUT2D eigenvalue weighted by Gasteiger charge is 2.40. The maximum Gasteiger partial charge on any atom is 0.410 e. The molecule has 0 aromatic rings. The maximum atomic E-state index is 11.9. The number of piperidine rings is 1. The third-order valence-electron chi connectivity index (χ3n) is 3.36. The first-order valence-electron chi connectivity index (χ1n) is 6.59. The van der Waals surface area contributed by atoms with E-state index in [4.69, 9.17) is 9.47 Å². The maximum absolute atomic E-state index is 11.9. The minimum atomic E-state index is -0.667. The predicted molar refractivity (Wildman–Crippen MR) is 66.3 cm³/mol. The van der Waals surface area contributed by atoms with Crippen molar-refractivity contribution >= 4 is 6.09 Å². The smallest absolute Gasteiger partial charge is 0.410 e. The first kappa shape index (κ1) is 13.6. The Hall–Kier alpha value is -0.810. The number of rotatable bonds is 2. The number of hydrogen-bond acceptors (Lipinski definition) is 4. The third kappa shape index (κ3) is 3.85. The van der Waals surface area contributed by atoms with Gasteiger partial charge in [-0.1, -0.05) is 0 Å². The number of ether oxygens (including phenoxy) is 2. The zero-order chi connectivity index (χ0) is 13.4. The van der Waals surface area contributed by atoms with Crippen molar-refractivity contribution in [1.82, 2.24) is 4.90 Å². The molecule has 18 heavy (non-hydrogen) atoms. The molecule has 0 saturated carbocycles. The van der Waals surface area contributed by atoms with Gasteiger partial charge >= 0.3 is 6.09 Å². The molecule has 0 aromatic carbocycles. The van der Waals surface area contributed by atoms with E-state index in [1.165, 1.54) is 0 Å². The fourth-order valence-corrected chi connectivity index (χ4v) is 2.25. The lowest BCUT2D eigenvalue weighted by molar-refractivity contribution is -0.0398. The Morgan fingerprint density at radius 1 is 1.44 bits per heavy atom. The molecular formula is C13H23NO4. The lowest BCUT2D eigenvalue weighted by Crippen LogP contribution is -2.48. The van der Waals surface area contributed by atoms with E-state index in [9.17, 15) is 9.90 Å². The van der Waals surface area contributed by atoms with Crippen LogP contribution in [0.4, 0.5) is 4.79 Å². The Kier molecular flexibility index (Phi) is 3.56. The summed E-state index contributed by atoms with van der Waals surface area (Å²) in [6.45, 7) is 7.44. The van der Waals surface area contributed by atoms with Gasteiger partial charge in [-0.15, -0.1) is 0 Å². The number of carbonyl (C=O) groups is 1. The van der Waals surface area contributed by atoms with E-state index in [0.29, 0.717) is 32.4 Å². The van der Waals surface area contributed by atoms with E-state index < -0.39 is 11.2 Å². The molecule has 1 amide bonds. The average molecular weight is 257 g/mol. The van der Waals surface area contributed by atoms with Crippen LogP contribution in [0.3, 0.4) is 0 Å². The van der Waals surface area contributed by atoms with Crippen LogP contribution in [0, 0.1) is 0 Å². The van der Waals surface area contributed by atoms with Gasteiger partial charge in [-0.3, -0.25) is 0 Å². The molecule has 0 spiro atoms. The highest BCUT2D eigenvalue weighted by molar-refractivity contribution is 5.68. The van der Waals surface area contributed by atoms with Crippen molar-refractivity contribution in [1.29, 1.82) is 0 Å². The second-order valence-corrected chi connectivity index (χ2v) is 6.35. The molecule has 2 fully saturated rings. The Morgan fingerprint density at radius 2 is 2.00 bits per heavy atom. The number of amides is 1. The molecule has 0 aliphatic carbocycles. The summed E-state index contributed by atoms with van der Waals surface area (Å²) in [5, 5.41) is 10.4. The van der Waals surface area contributed by atoms with Crippen LogP contribution in [0.15, 0.2) is 0 Å². The fourth-order valence-electron chi connectivity index (χ4n) is 2.25. The number of carbonyl (C=O) groups excluding carboxylic acids is 1. The van der Waals surface area contributed by atoms with Crippen LogP contribution in [0.2, 0.25) is 0 Å². The molecule has 1 atom stereocenters. The Bertz CT molecular complexity index is 311. The van der Waals surface area contributed by atoms with E-state index in [0.717, 1.165) is 6.61 Å². The highest BCUT2D eigenvalue weighted by Crippen LogP contribution is 2.31. The lowest BCUT2D eigenvalue weighted by atomic mass is 9.87. The van der Waals surface area contributed by atoms with Gasteiger partial charge in [-0.05, 0) is 33.6 Å². The van der Waals surface area contributed by atoms with Crippen molar-refractivity contribution in [2.75, 3.05) is 19.7 Å². The summed E-state index contributed by atoms with van der Waals surface area (Å²) in [7, 11) is 0. The first-order valence-corrected chi connectivity index (χ1v) is 6.59. The molecule has 104 valence electrons. The van der Waals surface area contributed by atoms with E-state index in [1.54, 1.807) is 4.90 Å². The molecule has 0 radical (unpaired) electrons. The van der Waals surface area contributed by atoms with Gasteiger partial charge in [0.2, 0.25) is 0 Å². The molecule has 5 heteroatoms. The number of epoxide rings is 1. The van der Waals surface area contributed by atoms with Crippen LogP contribution in [0.25, 0.3) is 0 Å². The van der Waals surface area contributed by atoms with Gasteiger partial charge in [0, 0.05) is 19.5 Å². The van der Waals surface area contributed by atoms with Gasteiger partial charge in [0.1, 0.15) is 5.60 Å². The molecular weight excluding hydrogens is 234 g/mol. The van der Waals surface area contributed by atoms with Crippen molar-refractivity contribution in [2.24, 2.45) is 0 Å². The minimum absolute atomic E-state index is 0.225. The summed E-state index contributed by atoms with van der Waals surface area (Å²) >= 11 is 0. The fraction of sp³-hybridized carbons (Fsp3) is 0.923. The number of nitrogens with zero attached hydrogens (tertiary/aromatic N) is 1. The topological polar surface area (TPSA) is 62.3 Å². The van der Waals surface area contributed by atoms with Gasteiger partial charge in [-0.25, -0.2) is 4.79 Å². The second-order valence-electron chi connectivity index (χ2n) is 6.35. The second kappa shape index (κ2) is 4.70. The number of hydrogen-bond donors (Lipinski definition) is 1. The SMILES string of the molecule is CC(C)(C)OC(=O)N1CCC(O)(C[C@@H]2CO2)CC1. The lowest BCUT2D eigenvalue weighted by Gasteiger charge is -2.38. The molecule has 0 bridgehead atoms. The Morgan fingerprint density at radius 3 is 2.44 bits per heavy atom. The van der Waals surface area contributed by atoms with Gasteiger partial charge in [0.25, 0.3) is 0 Å². The summed E-state index contributed by atoms with van der Waals surface area (Å²) in [6, 6.07) is 0. The summed E-state index contributed by atoms with van der Waals surface area (Å²) in [5.41, 5.74) is -1.13. The quantitative estimate of drug-likeness (QED) is 0.762. The van der Waals surface area contributed by atoms with Crippen LogP contribution in [0.1, 0.15) is 40.0 Å². The monoisotopic (exact) mass is 257 g/mol. The minimum Gasteiger partial charge on any atom is -0.444 e. The van der Waals surface area contributed by atoms with Crippen LogP contribution in [-0.4, -0.2) is 53.1 Å². The number of likely N-dealkylation sites (tertiary alicyclic amines) is 1. The van der Waals surface area contributed by atoms with Crippen LogP contribution < -0.4 is 0 Å². The van der Waals surface area contributed by atoms with Gasteiger partial charge < -0.3 is 19.5 Å². The molecule has 2 rings (SSSR count). The van der Waals surface area contributed by atoms with E-state index in [1.807, 2.05) is 20.8 Å². The highest BCUT2D eigenvalue weighted by atomic mass is 16.6. The van der Waals surface area contributed by atoms with E-state index >= 15 is 0 Å². The summed E-state index contributed by atoms with van der Waals surface area (Å²) in [4.78, 5) is 13.5. The zero-order valence-corrected chi connectivity index (χ0v) is 11.4.